The number of nitrogens with two attached hydrogens (primary N) is 1. The first-order chi connectivity index (χ1) is 14.5. The van der Waals surface area contributed by atoms with Crippen LogP contribution < -0.4 is 11.1 Å². The predicted octanol–water partition coefficient (Wildman–Crippen LogP) is 3.73. The maximum atomic E-state index is 13.1. The number of amides is 2. The minimum atomic E-state index is -0.527. The van der Waals surface area contributed by atoms with Gasteiger partial charge in [-0.1, -0.05) is 42.5 Å². The standard InChI is InChI=1S/C23H22FN3O2S/c24-17-8-6-15(7-9-17)12-20(28)26-23-21(22(25)29)18-10-11-27(14-19(18)30-23)13-16-4-2-1-3-5-16/h1-9H,10-14H2,(H2,25,29)(H,26,28). The van der Waals surface area contributed by atoms with E-state index in [2.05, 4.69) is 22.3 Å². The van der Waals surface area contributed by atoms with Crippen LogP contribution in [0, 0.1) is 5.82 Å². The van der Waals surface area contributed by atoms with Crippen LogP contribution in [0.3, 0.4) is 0 Å². The molecule has 0 saturated carbocycles. The summed E-state index contributed by atoms with van der Waals surface area (Å²) < 4.78 is 13.1. The Labute approximate surface area is 178 Å². The van der Waals surface area contributed by atoms with E-state index >= 15 is 0 Å². The molecule has 3 aromatic rings. The van der Waals surface area contributed by atoms with Crippen molar-refractivity contribution in [1.82, 2.24) is 4.90 Å². The van der Waals surface area contributed by atoms with Gasteiger partial charge in [0.15, 0.2) is 0 Å². The molecule has 0 spiro atoms. The molecule has 7 heteroatoms. The number of carbonyl (C=O) groups excluding carboxylic acids is 2. The van der Waals surface area contributed by atoms with Crippen LogP contribution in [0.4, 0.5) is 9.39 Å². The van der Waals surface area contributed by atoms with E-state index < -0.39 is 5.91 Å². The summed E-state index contributed by atoms with van der Waals surface area (Å²) in [6.45, 7) is 2.36. The van der Waals surface area contributed by atoms with Crippen molar-refractivity contribution in [3.8, 4) is 0 Å². The van der Waals surface area contributed by atoms with Crippen molar-refractivity contribution in [2.24, 2.45) is 5.73 Å². The molecule has 0 fully saturated rings. The molecular formula is C23H22FN3O2S. The van der Waals surface area contributed by atoms with E-state index in [1.54, 1.807) is 12.1 Å². The SMILES string of the molecule is NC(=O)c1c(NC(=O)Cc2ccc(F)cc2)sc2c1CCN(Cc1ccccc1)C2. The van der Waals surface area contributed by atoms with Crippen LogP contribution in [0.1, 0.15) is 31.9 Å². The van der Waals surface area contributed by atoms with Gasteiger partial charge in [-0.15, -0.1) is 11.3 Å². The number of thiophene rings is 1. The van der Waals surface area contributed by atoms with Crippen LogP contribution in [-0.4, -0.2) is 23.3 Å². The quantitative estimate of drug-likeness (QED) is 0.634. The zero-order valence-corrected chi connectivity index (χ0v) is 17.2. The Balaban J connectivity index is 1.50. The Morgan fingerprint density at radius 3 is 2.50 bits per heavy atom. The van der Waals surface area contributed by atoms with Crippen LogP contribution in [0.2, 0.25) is 0 Å². The second-order valence-corrected chi connectivity index (χ2v) is 8.48. The lowest BCUT2D eigenvalue weighted by Crippen LogP contribution is -2.30. The summed E-state index contributed by atoms with van der Waals surface area (Å²) >= 11 is 1.41. The summed E-state index contributed by atoms with van der Waals surface area (Å²) in [5.74, 6) is -1.13. The Morgan fingerprint density at radius 2 is 1.80 bits per heavy atom. The second kappa shape index (κ2) is 8.77. The number of hydrogen-bond donors (Lipinski definition) is 2. The van der Waals surface area contributed by atoms with Gasteiger partial charge in [0.1, 0.15) is 10.8 Å². The molecule has 4 rings (SSSR count). The molecule has 3 N–H and O–H groups in total. The first-order valence-corrected chi connectivity index (χ1v) is 10.6. The van der Waals surface area contributed by atoms with E-state index in [0.717, 1.165) is 23.5 Å². The van der Waals surface area contributed by atoms with Gasteiger partial charge in [0, 0.05) is 24.5 Å². The number of hydrogen-bond acceptors (Lipinski definition) is 4. The maximum Gasteiger partial charge on any atom is 0.251 e. The van der Waals surface area contributed by atoms with E-state index in [-0.39, 0.29) is 18.1 Å². The summed E-state index contributed by atoms with van der Waals surface area (Å²) in [7, 11) is 0. The minimum absolute atomic E-state index is 0.0984. The second-order valence-electron chi connectivity index (χ2n) is 7.37. The van der Waals surface area contributed by atoms with Gasteiger partial charge in [-0.2, -0.15) is 0 Å². The van der Waals surface area contributed by atoms with Crippen molar-refractivity contribution in [2.45, 2.75) is 25.9 Å². The zero-order valence-electron chi connectivity index (χ0n) is 16.4. The lowest BCUT2D eigenvalue weighted by molar-refractivity contribution is -0.115. The van der Waals surface area contributed by atoms with Gasteiger partial charge in [-0.05, 0) is 35.2 Å². The molecular weight excluding hydrogens is 401 g/mol. The first-order valence-electron chi connectivity index (χ1n) is 9.74. The minimum Gasteiger partial charge on any atom is -0.365 e. The number of rotatable bonds is 6. The molecule has 1 aromatic heterocycles. The van der Waals surface area contributed by atoms with Gasteiger partial charge in [0.2, 0.25) is 5.91 Å². The zero-order chi connectivity index (χ0) is 21.1. The molecule has 0 bridgehead atoms. The summed E-state index contributed by atoms with van der Waals surface area (Å²) in [5.41, 5.74) is 8.94. The summed E-state index contributed by atoms with van der Waals surface area (Å²) in [6, 6.07) is 16.0. The van der Waals surface area contributed by atoms with Crippen molar-refractivity contribution < 1.29 is 14.0 Å². The van der Waals surface area contributed by atoms with Crippen LogP contribution >= 0.6 is 11.3 Å². The summed E-state index contributed by atoms with van der Waals surface area (Å²) in [4.78, 5) is 28.0. The summed E-state index contributed by atoms with van der Waals surface area (Å²) in [5, 5.41) is 3.34. The number of primary amides is 1. The van der Waals surface area contributed by atoms with Crippen LogP contribution in [0.15, 0.2) is 54.6 Å². The van der Waals surface area contributed by atoms with E-state index in [9.17, 15) is 14.0 Å². The highest BCUT2D eigenvalue weighted by Crippen LogP contribution is 2.37. The van der Waals surface area contributed by atoms with Gasteiger partial charge in [0.25, 0.3) is 5.91 Å². The molecule has 30 heavy (non-hydrogen) atoms. The average Bonchev–Trinajstić information content (AvgIpc) is 3.07. The van der Waals surface area contributed by atoms with E-state index in [1.807, 2.05) is 18.2 Å². The van der Waals surface area contributed by atoms with Gasteiger partial charge in [0.05, 0.1) is 12.0 Å². The molecule has 0 saturated heterocycles. The van der Waals surface area contributed by atoms with Gasteiger partial charge >= 0.3 is 0 Å². The van der Waals surface area contributed by atoms with Crippen LogP contribution in [0.5, 0.6) is 0 Å². The fourth-order valence-electron chi connectivity index (χ4n) is 3.74. The Kier molecular flexibility index (Phi) is 5.92. The molecule has 0 aliphatic carbocycles. The fraction of sp³-hybridized carbons (Fsp3) is 0.217. The Morgan fingerprint density at radius 1 is 1.07 bits per heavy atom. The largest absolute Gasteiger partial charge is 0.365 e. The van der Waals surface area contributed by atoms with Gasteiger partial charge < -0.3 is 11.1 Å². The van der Waals surface area contributed by atoms with E-state index in [1.165, 1.54) is 29.0 Å². The van der Waals surface area contributed by atoms with Crippen molar-refractivity contribution >= 4 is 28.2 Å². The molecule has 1 aliphatic heterocycles. The van der Waals surface area contributed by atoms with Crippen molar-refractivity contribution in [3.05, 3.63) is 87.5 Å². The molecule has 0 unspecified atom stereocenters. The number of halogens is 1. The van der Waals surface area contributed by atoms with Crippen LogP contribution in [0.25, 0.3) is 0 Å². The smallest absolute Gasteiger partial charge is 0.251 e. The van der Waals surface area contributed by atoms with Crippen molar-refractivity contribution in [3.63, 3.8) is 0 Å². The normalized spacial score (nSPS) is 13.6. The Bertz CT molecular complexity index is 1060. The highest BCUT2D eigenvalue weighted by Gasteiger charge is 2.27. The molecule has 5 nitrogen and oxygen atoms in total. The van der Waals surface area contributed by atoms with E-state index in [4.69, 9.17) is 5.73 Å². The average molecular weight is 424 g/mol. The first kappa shape index (κ1) is 20.3. The predicted molar refractivity (Wildman–Crippen MR) is 116 cm³/mol. The molecule has 154 valence electrons. The maximum absolute atomic E-state index is 13.1. The molecule has 1 aliphatic rings. The van der Waals surface area contributed by atoms with E-state index in [0.29, 0.717) is 29.1 Å². The monoisotopic (exact) mass is 423 g/mol. The third kappa shape index (κ3) is 4.58. The van der Waals surface area contributed by atoms with Crippen LogP contribution in [-0.2, 0) is 30.7 Å². The third-order valence-corrected chi connectivity index (χ3v) is 6.29. The fourth-order valence-corrected chi connectivity index (χ4v) is 5.05. The number of benzene rings is 2. The molecule has 2 heterocycles. The third-order valence-electron chi connectivity index (χ3n) is 5.16. The molecule has 0 atom stereocenters. The summed E-state index contributed by atoms with van der Waals surface area (Å²) in [6.07, 6.45) is 0.811. The van der Waals surface area contributed by atoms with Crippen molar-refractivity contribution in [2.75, 3.05) is 11.9 Å². The lowest BCUT2D eigenvalue weighted by atomic mass is 10.0. The van der Waals surface area contributed by atoms with Gasteiger partial charge in [-0.25, -0.2) is 4.39 Å². The number of nitrogens with one attached hydrogen (secondary N) is 1. The van der Waals surface area contributed by atoms with Gasteiger partial charge in [-0.3, -0.25) is 14.5 Å². The highest BCUT2D eigenvalue weighted by molar-refractivity contribution is 7.17. The molecule has 0 radical (unpaired) electrons. The number of nitrogens with zero attached hydrogens (tertiary/aromatic N) is 1. The molecule has 2 aromatic carbocycles. The molecule has 2 amide bonds. The topological polar surface area (TPSA) is 75.4 Å². The highest BCUT2D eigenvalue weighted by atomic mass is 32.1. The lowest BCUT2D eigenvalue weighted by Gasteiger charge is -2.27. The number of carbonyl (C=O) groups is 2. The van der Waals surface area contributed by atoms with Crippen molar-refractivity contribution in [1.29, 1.82) is 0 Å². The number of fused-ring (bicyclic) bond motifs is 1. The Hall–Kier alpha value is -3.03. The number of anilines is 1.